The molecule has 8 heteroatoms. The Labute approximate surface area is 140 Å². The zero-order chi connectivity index (χ0) is 17.4. The Morgan fingerprint density at radius 3 is 2.80 bits per heavy atom. The molecule has 1 aromatic carbocycles. The second kappa shape index (κ2) is 5.75. The number of carbonyl (C=O) groups is 1. The van der Waals surface area contributed by atoms with Crippen LogP contribution in [0.15, 0.2) is 55.1 Å². The number of fused-ring (bicyclic) bond motifs is 1. The van der Waals surface area contributed by atoms with Gasteiger partial charge in [0.25, 0.3) is 0 Å². The molecule has 0 bridgehead atoms. The van der Waals surface area contributed by atoms with E-state index in [-0.39, 0.29) is 11.3 Å². The Balaban J connectivity index is 1.79. The van der Waals surface area contributed by atoms with Crippen molar-refractivity contribution in [2.45, 2.75) is 0 Å². The summed E-state index contributed by atoms with van der Waals surface area (Å²) in [6.45, 7) is 0. The number of benzene rings is 1. The molecule has 0 spiro atoms. The molecule has 3 heterocycles. The number of nitrogens with zero attached hydrogens (tertiary/aromatic N) is 3. The molecule has 25 heavy (non-hydrogen) atoms. The number of halogens is 1. The summed E-state index contributed by atoms with van der Waals surface area (Å²) in [7, 11) is 0. The highest BCUT2D eigenvalue weighted by atomic mass is 19.1. The van der Waals surface area contributed by atoms with Crippen LogP contribution in [0.1, 0.15) is 10.4 Å². The molecule has 0 aliphatic carbocycles. The fourth-order valence-electron chi connectivity index (χ4n) is 2.50. The Hall–Kier alpha value is -3.68. The number of pyridine rings is 1. The van der Waals surface area contributed by atoms with E-state index in [0.29, 0.717) is 11.3 Å². The normalized spacial score (nSPS) is 10.9. The number of H-pyrrole nitrogens is 1. The summed E-state index contributed by atoms with van der Waals surface area (Å²) in [6.07, 6.45) is 6.83. The molecule has 0 aliphatic heterocycles. The van der Waals surface area contributed by atoms with Gasteiger partial charge in [-0.05, 0) is 30.3 Å². The highest BCUT2D eigenvalue weighted by molar-refractivity contribution is 5.92. The van der Waals surface area contributed by atoms with Crippen LogP contribution in [0, 0.1) is 5.82 Å². The fourth-order valence-corrected chi connectivity index (χ4v) is 2.50. The lowest BCUT2D eigenvalue weighted by molar-refractivity contribution is 0.1000. The number of nitrogens with two attached hydrogens (primary N) is 1. The Morgan fingerprint density at radius 1 is 1.20 bits per heavy atom. The first-order chi connectivity index (χ1) is 12.1. The van der Waals surface area contributed by atoms with Gasteiger partial charge < -0.3 is 10.5 Å². The van der Waals surface area contributed by atoms with Crippen molar-refractivity contribution < 1.29 is 13.9 Å². The first kappa shape index (κ1) is 14.9. The van der Waals surface area contributed by atoms with Gasteiger partial charge in [-0.25, -0.2) is 8.91 Å². The second-order valence-corrected chi connectivity index (χ2v) is 5.35. The highest BCUT2D eigenvalue weighted by Gasteiger charge is 2.13. The average molecular weight is 337 g/mol. The largest absolute Gasteiger partial charge is 0.452 e. The topological polar surface area (TPSA) is 98.3 Å². The van der Waals surface area contributed by atoms with Crippen molar-refractivity contribution in [3.05, 3.63) is 66.5 Å². The number of primary amides is 1. The summed E-state index contributed by atoms with van der Waals surface area (Å²) in [5.41, 5.74) is 7.54. The van der Waals surface area contributed by atoms with Crippen molar-refractivity contribution in [1.82, 2.24) is 19.8 Å². The van der Waals surface area contributed by atoms with E-state index in [4.69, 9.17) is 10.5 Å². The van der Waals surface area contributed by atoms with Gasteiger partial charge in [-0.2, -0.15) is 10.2 Å². The molecule has 3 N–H and O–H groups in total. The van der Waals surface area contributed by atoms with E-state index in [1.165, 1.54) is 12.1 Å². The van der Waals surface area contributed by atoms with Crippen LogP contribution in [0.5, 0.6) is 11.5 Å². The van der Waals surface area contributed by atoms with Crippen LogP contribution >= 0.6 is 0 Å². The number of carbonyl (C=O) groups excluding carboxylic acids is 1. The van der Waals surface area contributed by atoms with Gasteiger partial charge in [0.15, 0.2) is 17.3 Å². The number of hydrogen-bond acceptors (Lipinski definition) is 4. The van der Waals surface area contributed by atoms with Gasteiger partial charge in [0.05, 0.1) is 12.4 Å². The van der Waals surface area contributed by atoms with Crippen molar-refractivity contribution in [1.29, 1.82) is 0 Å². The lowest BCUT2D eigenvalue weighted by Crippen LogP contribution is -2.11. The Bertz CT molecular complexity index is 1070. The quantitative estimate of drug-likeness (QED) is 0.598. The van der Waals surface area contributed by atoms with Crippen LogP contribution in [0.4, 0.5) is 4.39 Å². The molecule has 1 amide bonds. The maximum Gasteiger partial charge on any atom is 0.248 e. The number of nitrogens with one attached hydrogen (secondary N) is 1. The second-order valence-electron chi connectivity index (χ2n) is 5.35. The number of hydrogen-bond donors (Lipinski definition) is 2. The maximum absolute atomic E-state index is 14.2. The third kappa shape index (κ3) is 2.69. The smallest absolute Gasteiger partial charge is 0.248 e. The maximum atomic E-state index is 14.2. The monoisotopic (exact) mass is 337 g/mol. The van der Waals surface area contributed by atoms with Crippen molar-refractivity contribution in [2.75, 3.05) is 0 Å². The van der Waals surface area contributed by atoms with E-state index >= 15 is 0 Å². The highest BCUT2D eigenvalue weighted by Crippen LogP contribution is 2.32. The molecule has 0 atom stereocenters. The first-order valence-corrected chi connectivity index (χ1v) is 7.35. The fraction of sp³-hybridized carbons (Fsp3) is 0. The number of rotatable bonds is 4. The van der Waals surface area contributed by atoms with Gasteiger partial charge in [-0.15, -0.1) is 0 Å². The molecule has 4 aromatic rings. The van der Waals surface area contributed by atoms with Crippen LogP contribution in [0.25, 0.3) is 16.6 Å². The molecule has 0 saturated carbocycles. The molecular weight excluding hydrogens is 325 g/mol. The van der Waals surface area contributed by atoms with Gasteiger partial charge >= 0.3 is 0 Å². The molecule has 0 unspecified atom stereocenters. The molecule has 0 saturated heterocycles. The third-order valence-corrected chi connectivity index (χ3v) is 3.74. The molecule has 4 rings (SSSR count). The van der Waals surface area contributed by atoms with Gasteiger partial charge in [0.2, 0.25) is 5.91 Å². The van der Waals surface area contributed by atoms with Gasteiger partial charge in [0.1, 0.15) is 5.52 Å². The zero-order valence-corrected chi connectivity index (χ0v) is 12.8. The predicted molar refractivity (Wildman–Crippen MR) is 87.8 cm³/mol. The van der Waals surface area contributed by atoms with Crippen LogP contribution in [0.2, 0.25) is 0 Å². The Kier molecular flexibility index (Phi) is 3.42. The van der Waals surface area contributed by atoms with E-state index in [9.17, 15) is 9.18 Å². The van der Waals surface area contributed by atoms with E-state index in [2.05, 4.69) is 15.3 Å². The molecule has 7 nitrogen and oxygen atoms in total. The first-order valence-electron chi connectivity index (χ1n) is 7.35. The number of aromatic amines is 1. The summed E-state index contributed by atoms with van der Waals surface area (Å²) in [4.78, 5) is 11.1. The molecule has 0 fully saturated rings. The third-order valence-electron chi connectivity index (χ3n) is 3.74. The van der Waals surface area contributed by atoms with Gasteiger partial charge in [-0.3, -0.25) is 9.89 Å². The lowest BCUT2D eigenvalue weighted by atomic mass is 10.1. The van der Waals surface area contributed by atoms with Crippen molar-refractivity contribution >= 4 is 11.4 Å². The summed E-state index contributed by atoms with van der Waals surface area (Å²) < 4.78 is 21.6. The molecular formula is C17H12FN5O2. The SMILES string of the molecule is NC(=O)c1ccc(Oc2cc(-c3cn[nH]c3)cn3nccc23)c(F)c1. The Morgan fingerprint density at radius 2 is 2.08 bits per heavy atom. The molecule has 3 aromatic heterocycles. The average Bonchev–Trinajstić information content (AvgIpc) is 3.27. The lowest BCUT2D eigenvalue weighted by Gasteiger charge is -2.10. The van der Waals surface area contributed by atoms with E-state index in [1.54, 1.807) is 35.2 Å². The van der Waals surface area contributed by atoms with Crippen LogP contribution in [-0.4, -0.2) is 25.7 Å². The summed E-state index contributed by atoms with van der Waals surface area (Å²) in [5.74, 6) is -0.979. The van der Waals surface area contributed by atoms with Crippen LogP contribution < -0.4 is 10.5 Å². The van der Waals surface area contributed by atoms with Crippen LogP contribution in [-0.2, 0) is 0 Å². The molecule has 124 valence electrons. The van der Waals surface area contributed by atoms with E-state index in [0.717, 1.165) is 17.2 Å². The summed E-state index contributed by atoms with van der Waals surface area (Å²) in [5, 5.41) is 10.9. The summed E-state index contributed by atoms with van der Waals surface area (Å²) in [6, 6.07) is 7.35. The van der Waals surface area contributed by atoms with Gasteiger partial charge in [0, 0.05) is 29.1 Å². The minimum absolute atomic E-state index is 0.0163. The van der Waals surface area contributed by atoms with Crippen molar-refractivity contribution in [3.8, 4) is 22.6 Å². The molecule has 0 aliphatic rings. The van der Waals surface area contributed by atoms with E-state index < -0.39 is 11.7 Å². The molecule has 0 radical (unpaired) electrons. The standard InChI is InChI=1S/C17H12FN5O2/c18-13-5-10(17(19)24)1-2-15(13)25-16-6-11(12-7-20-21-8-12)9-23-14(16)3-4-22-23/h1-9H,(H2,19,24)(H,20,21). The number of ether oxygens (including phenoxy) is 1. The zero-order valence-electron chi connectivity index (χ0n) is 12.8. The van der Waals surface area contributed by atoms with Gasteiger partial charge in [-0.1, -0.05) is 0 Å². The van der Waals surface area contributed by atoms with Crippen molar-refractivity contribution in [2.24, 2.45) is 5.73 Å². The minimum atomic E-state index is -0.703. The van der Waals surface area contributed by atoms with Crippen LogP contribution in [0.3, 0.4) is 0 Å². The van der Waals surface area contributed by atoms with E-state index in [1.807, 2.05) is 6.20 Å². The number of amides is 1. The van der Waals surface area contributed by atoms with Crippen molar-refractivity contribution in [3.63, 3.8) is 0 Å². The predicted octanol–water partition coefficient (Wildman–Crippen LogP) is 2.75. The summed E-state index contributed by atoms with van der Waals surface area (Å²) >= 11 is 0. The number of aromatic nitrogens is 4. The minimum Gasteiger partial charge on any atom is -0.452 e.